The predicted molar refractivity (Wildman–Crippen MR) is 152 cm³/mol. The van der Waals surface area contributed by atoms with Gasteiger partial charge in [0, 0.05) is 18.5 Å². The highest BCUT2D eigenvalue weighted by molar-refractivity contribution is 7.88. The van der Waals surface area contributed by atoms with Crippen molar-refractivity contribution in [1.82, 2.24) is 25.0 Å². The lowest BCUT2D eigenvalue weighted by Gasteiger charge is -2.30. The van der Waals surface area contributed by atoms with E-state index < -0.39 is 51.3 Å². The standard InChI is InChI=1S/C28H45N5O7S/c1-27(2,3)40-26(37)29-21-15-8-6-4-5-7-12-19-18-28(19,30-23(34)22-16-11-17-33(22)24(21)35)25(36)32-41(38,39)31-20-13-9-10-14-20/h7,12,19-22,31H,4-6,8-11,13-18H2,1-3H3,(H,29,37)(H,30,34)(H,32,36)/b12-7-. The summed E-state index contributed by atoms with van der Waals surface area (Å²) < 4.78 is 35.6. The molecule has 0 aromatic carbocycles. The van der Waals surface area contributed by atoms with E-state index in [2.05, 4.69) is 20.1 Å². The summed E-state index contributed by atoms with van der Waals surface area (Å²) in [6.07, 6.45) is 11.2. The average Bonchev–Trinajstić information content (AvgIpc) is 3.20. The number of nitrogens with one attached hydrogen (secondary N) is 4. The first-order valence-electron chi connectivity index (χ1n) is 14.9. The minimum atomic E-state index is -4.11. The second kappa shape index (κ2) is 12.7. The van der Waals surface area contributed by atoms with Crippen LogP contribution in [-0.2, 0) is 29.3 Å². The van der Waals surface area contributed by atoms with Gasteiger partial charge in [-0.05, 0) is 72.1 Å². The molecule has 0 aromatic rings. The van der Waals surface area contributed by atoms with Crippen molar-refractivity contribution >= 4 is 34.0 Å². The van der Waals surface area contributed by atoms with Gasteiger partial charge in [0.1, 0.15) is 23.2 Å². The molecule has 4 unspecified atom stereocenters. The fraction of sp³-hybridized carbons (Fsp3) is 0.786. The van der Waals surface area contributed by atoms with Crippen molar-refractivity contribution in [3.05, 3.63) is 12.2 Å². The van der Waals surface area contributed by atoms with Crippen molar-refractivity contribution in [3.8, 4) is 0 Å². The molecule has 2 aliphatic carbocycles. The van der Waals surface area contributed by atoms with Crippen molar-refractivity contribution in [2.24, 2.45) is 5.92 Å². The van der Waals surface area contributed by atoms with E-state index in [9.17, 15) is 27.6 Å². The Kier molecular flexibility index (Phi) is 9.67. The number of rotatable bonds is 5. The molecular formula is C28H45N5O7S. The molecule has 230 valence electrons. The van der Waals surface area contributed by atoms with Crippen LogP contribution in [0.15, 0.2) is 12.2 Å². The number of hydrogen-bond acceptors (Lipinski definition) is 7. The van der Waals surface area contributed by atoms with Crippen LogP contribution in [0.5, 0.6) is 0 Å². The van der Waals surface area contributed by atoms with E-state index in [4.69, 9.17) is 4.74 Å². The Bertz CT molecular complexity index is 1140. The molecule has 1 saturated heterocycles. The second-order valence-electron chi connectivity index (χ2n) is 12.8. The van der Waals surface area contributed by atoms with Gasteiger partial charge in [0.05, 0.1) is 0 Å². The molecule has 2 saturated carbocycles. The van der Waals surface area contributed by atoms with Gasteiger partial charge in [-0.15, -0.1) is 0 Å². The van der Waals surface area contributed by atoms with E-state index >= 15 is 0 Å². The summed E-state index contributed by atoms with van der Waals surface area (Å²) in [5.41, 5.74) is -2.14. The number of carbonyl (C=O) groups is 4. The summed E-state index contributed by atoms with van der Waals surface area (Å²) in [5, 5.41) is 5.54. The first kappa shape index (κ1) is 31.3. The maximum atomic E-state index is 13.7. The summed E-state index contributed by atoms with van der Waals surface area (Å²) in [4.78, 5) is 54.7. The Balaban J connectivity index is 1.51. The third-order valence-electron chi connectivity index (χ3n) is 8.23. The number of ether oxygens (including phenoxy) is 1. The largest absolute Gasteiger partial charge is 0.444 e. The monoisotopic (exact) mass is 595 g/mol. The summed E-state index contributed by atoms with van der Waals surface area (Å²) in [6.45, 7) is 5.57. The number of nitrogens with zero attached hydrogens (tertiary/aromatic N) is 1. The van der Waals surface area contributed by atoms with Gasteiger partial charge in [-0.25, -0.2) is 9.52 Å². The fourth-order valence-corrected chi connectivity index (χ4v) is 7.21. The molecule has 4 aliphatic rings. The van der Waals surface area contributed by atoms with Gasteiger partial charge in [0.15, 0.2) is 0 Å². The molecule has 4 atom stereocenters. The Morgan fingerprint density at radius 1 is 1.02 bits per heavy atom. The number of carbonyl (C=O) groups excluding carboxylic acids is 4. The quantitative estimate of drug-likeness (QED) is 0.354. The molecule has 0 radical (unpaired) electrons. The van der Waals surface area contributed by atoms with Crippen LogP contribution in [0.4, 0.5) is 4.79 Å². The van der Waals surface area contributed by atoms with Crippen molar-refractivity contribution in [2.75, 3.05) is 6.54 Å². The molecular weight excluding hydrogens is 550 g/mol. The van der Waals surface area contributed by atoms with Crippen LogP contribution < -0.4 is 20.1 Å². The van der Waals surface area contributed by atoms with Gasteiger partial charge in [0.25, 0.3) is 5.91 Å². The van der Waals surface area contributed by atoms with Gasteiger partial charge in [-0.3, -0.25) is 14.4 Å². The fourth-order valence-electron chi connectivity index (χ4n) is 6.05. The molecule has 0 spiro atoms. The molecule has 2 aliphatic heterocycles. The maximum absolute atomic E-state index is 13.7. The first-order chi connectivity index (χ1) is 19.3. The molecule has 3 fully saturated rings. The molecule has 12 nitrogen and oxygen atoms in total. The van der Waals surface area contributed by atoms with Gasteiger partial charge < -0.3 is 20.3 Å². The topological polar surface area (TPSA) is 163 Å². The zero-order chi connectivity index (χ0) is 29.8. The lowest BCUT2D eigenvalue weighted by atomic mass is 10.0. The van der Waals surface area contributed by atoms with E-state index in [0.717, 1.165) is 44.9 Å². The molecule has 0 aromatic heterocycles. The minimum Gasteiger partial charge on any atom is -0.444 e. The van der Waals surface area contributed by atoms with Gasteiger partial charge in [-0.2, -0.15) is 13.1 Å². The first-order valence-corrected chi connectivity index (χ1v) is 16.4. The van der Waals surface area contributed by atoms with E-state index in [1.807, 2.05) is 12.2 Å². The molecule has 0 bridgehead atoms. The smallest absolute Gasteiger partial charge is 0.408 e. The number of hydrogen-bond donors (Lipinski definition) is 4. The summed E-state index contributed by atoms with van der Waals surface area (Å²) in [7, 11) is -4.11. The summed E-state index contributed by atoms with van der Waals surface area (Å²) >= 11 is 0. The Hall–Kier alpha value is -2.67. The number of fused-ring (bicyclic) bond motifs is 2. The molecule has 4 rings (SSSR count). The van der Waals surface area contributed by atoms with Crippen LogP contribution in [0.25, 0.3) is 0 Å². The predicted octanol–water partition coefficient (Wildman–Crippen LogP) is 2.16. The summed E-state index contributed by atoms with van der Waals surface area (Å²) in [6, 6.07) is -1.90. The minimum absolute atomic E-state index is 0.212. The zero-order valence-electron chi connectivity index (χ0n) is 24.4. The van der Waals surface area contributed by atoms with Crippen LogP contribution in [0, 0.1) is 5.92 Å². The Morgan fingerprint density at radius 2 is 1.73 bits per heavy atom. The highest BCUT2D eigenvalue weighted by Gasteiger charge is 2.61. The van der Waals surface area contributed by atoms with Crippen LogP contribution in [0.2, 0.25) is 0 Å². The third-order valence-corrected chi connectivity index (χ3v) is 9.33. The van der Waals surface area contributed by atoms with E-state index in [1.165, 1.54) is 4.90 Å². The molecule has 4 N–H and O–H groups in total. The SMILES string of the molecule is CC(C)(C)OC(=O)NC1CCCCC/C=C\C2CC2(C(=O)NS(=O)(=O)NC2CCCC2)NC(=O)C2CCCN2C1=O. The van der Waals surface area contributed by atoms with E-state index in [1.54, 1.807) is 20.8 Å². The van der Waals surface area contributed by atoms with Crippen LogP contribution in [0.3, 0.4) is 0 Å². The maximum Gasteiger partial charge on any atom is 0.408 e. The highest BCUT2D eigenvalue weighted by atomic mass is 32.2. The average molecular weight is 596 g/mol. The third kappa shape index (κ3) is 8.21. The van der Waals surface area contributed by atoms with Crippen LogP contribution >= 0.6 is 0 Å². The normalized spacial score (nSPS) is 30.7. The highest BCUT2D eigenvalue weighted by Crippen LogP contribution is 2.45. The van der Waals surface area contributed by atoms with Crippen molar-refractivity contribution in [1.29, 1.82) is 0 Å². The van der Waals surface area contributed by atoms with Crippen LogP contribution in [0.1, 0.15) is 97.8 Å². The van der Waals surface area contributed by atoms with Crippen molar-refractivity contribution in [3.63, 3.8) is 0 Å². The van der Waals surface area contributed by atoms with Gasteiger partial charge in [0.2, 0.25) is 11.8 Å². The van der Waals surface area contributed by atoms with Gasteiger partial charge in [-0.1, -0.05) is 37.8 Å². The molecule has 13 heteroatoms. The van der Waals surface area contributed by atoms with Crippen LogP contribution in [-0.4, -0.2) is 72.9 Å². The van der Waals surface area contributed by atoms with Crippen molar-refractivity contribution in [2.45, 2.75) is 127 Å². The van der Waals surface area contributed by atoms with Gasteiger partial charge >= 0.3 is 16.3 Å². The molecule has 41 heavy (non-hydrogen) atoms. The Morgan fingerprint density at radius 3 is 2.44 bits per heavy atom. The lowest BCUT2D eigenvalue weighted by molar-refractivity contribution is -0.141. The van der Waals surface area contributed by atoms with Crippen molar-refractivity contribution < 1.29 is 32.3 Å². The number of amides is 4. The second-order valence-corrected chi connectivity index (χ2v) is 14.2. The Labute approximate surface area is 242 Å². The number of alkyl carbamates (subject to hydrolysis) is 1. The lowest BCUT2D eigenvalue weighted by Crippen LogP contribution is -2.59. The molecule has 2 heterocycles. The number of allylic oxidation sites excluding steroid dienone is 1. The van der Waals surface area contributed by atoms with E-state index in [-0.39, 0.29) is 24.3 Å². The molecule has 4 amide bonds. The summed E-state index contributed by atoms with van der Waals surface area (Å²) in [5.74, 6) is -2.01. The zero-order valence-corrected chi connectivity index (χ0v) is 25.2. The van der Waals surface area contributed by atoms with E-state index in [0.29, 0.717) is 32.2 Å².